The van der Waals surface area contributed by atoms with Gasteiger partial charge in [0, 0.05) is 27.2 Å². The summed E-state index contributed by atoms with van der Waals surface area (Å²) in [4.78, 5) is 15.9. The van der Waals surface area contributed by atoms with Crippen LogP contribution >= 0.6 is 0 Å². The average molecular weight is 271 g/mol. The molecule has 0 spiro atoms. The van der Waals surface area contributed by atoms with Crippen LogP contribution in [0, 0.1) is 5.92 Å². The molecule has 1 aliphatic rings. The van der Waals surface area contributed by atoms with E-state index in [0.717, 1.165) is 45.2 Å². The van der Waals surface area contributed by atoms with E-state index < -0.39 is 0 Å². The van der Waals surface area contributed by atoms with Crippen molar-refractivity contribution >= 4 is 5.91 Å². The standard InChI is InChI=1S/C14H29N3O2/c1-4-16(2)14(18)12-17-8-5-13(6-9-17)11-15-7-10-19-3/h13,15H,4-12H2,1-3H3. The summed E-state index contributed by atoms with van der Waals surface area (Å²) in [5, 5.41) is 3.42. The Balaban J connectivity index is 2.13. The van der Waals surface area contributed by atoms with E-state index >= 15 is 0 Å². The van der Waals surface area contributed by atoms with Crippen molar-refractivity contribution in [3.8, 4) is 0 Å². The van der Waals surface area contributed by atoms with Gasteiger partial charge in [0.05, 0.1) is 13.2 Å². The molecule has 1 saturated heterocycles. The molecule has 1 fully saturated rings. The van der Waals surface area contributed by atoms with Crippen molar-refractivity contribution in [2.24, 2.45) is 5.92 Å². The molecular weight excluding hydrogens is 242 g/mol. The van der Waals surface area contributed by atoms with E-state index in [9.17, 15) is 4.79 Å². The number of nitrogens with one attached hydrogen (secondary N) is 1. The van der Waals surface area contributed by atoms with Gasteiger partial charge in [0.15, 0.2) is 0 Å². The van der Waals surface area contributed by atoms with Crippen LogP contribution < -0.4 is 5.32 Å². The van der Waals surface area contributed by atoms with Gasteiger partial charge in [0.2, 0.25) is 5.91 Å². The number of likely N-dealkylation sites (N-methyl/N-ethyl adjacent to an activating group) is 1. The van der Waals surface area contributed by atoms with Crippen molar-refractivity contribution in [1.29, 1.82) is 0 Å². The lowest BCUT2D eigenvalue weighted by Crippen LogP contribution is -2.43. The third-order valence-electron chi connectivity index (χ3n) is 3.88. The minimum absolute atomic E-state index is 0.235. The molecule has 1 heterocycles. The van der Waals surface area contributed by atoms with Gasteiger partial charge in [-0.05, 0) is 45.3 Å². The number of hydrogen-bond donors (Lipinski definition) is 1. The second-order valence-electron chi connectivity index (χ2n) is 5.32. The molecule has 1 aliphatic heterocycles. The number of carbonyl (C=O) groups is 1. The predicted molar refractivity (Wildman–Crippen MR) is 77.2 cm³/mol. The van der Waals surface area contributed by atoms with E-state index in [1.54, 1.807) is 12.0 Å². The van der Waals surface area contributed by atoms with Crippen LogP contribution in [0.15, 0.2) is 0 Å². The molecule has 0 aliphatic carbocycles. The minimum Gasteiger partial charge on any atom is -0.383 e. The van der Waals surface area contributed by atoms with Gasteiger partial charge in [-0.2, -0.15) is 0 Å². The van der Waals surface area contributed by atoms with Crippen molar-refractivity contribution in [2.45, 2.75) is 19.8 Å². The van der Waals surface area contributed by atoms with Crippen LogP contribution in [0.2, 0.25) is 0 Å². The molecule has 19 heavy (non-hydrogen) atoms. The van der Waals surface area contributed by atoms with Gasteiger partial charge in [-0.25, -0.2) is 0 Å². The molecule has 1 amide bonds. The van der Waals surface area contributed by atoms with Crippen molar-refractivity contribution in [3.05, 3.63) is 0 Å². The Labute approximate surface area is 117 Å². The largest absolute Gasteiger partial charge is 0.383 e. The van der Waals surface area contributed by atoms with Gasteiger partial charge in [0.25, 0.3) is 0 Å². The number of hydrogen-bond acceptors (Lipinski definition) is 4. The summed E-state index contributed by atoms with van der Waals surface area (Å²) < 4.78 is 5.01. The molecule has 0 aromatic heterocycles. The van der Waals surface area contributed by atoms with Gasteiger partial charge in [-0.15, -0.1) is 0 Å². The molecule has 0 saturated carbocycles. The summed E-state index contributed by atoms with van der Waals surface area (Å²) in [7, 11) is 3.60. The van der Waals surface area contributed by atoms with Crippen molar-refractivity contribution < 1.29 is 9.53 Å². The van der Waals surface area contributed by atoms with Gasteiger partial charge in [0.1, 0.15) is 0 Å². The lowest BCUT2D eigenvalue weighted by molar-refractivity contribution is -0.131. The first kappa shape index (κ1) is 16.4. The van der Waals surface area contributed by atoms with Crippen molar-refractivity contribution in [3.63, 3.8) is 0 Å². The highest BCUT2D eigenvalue weighted by Crippen LogP contribution is 2.16. The lowest BCUT2D eigenvalue weighted by Gasteiger charge is -2.32. The number of rotatable bonds is 8. The van der Waals surface area contributed by atoms with Crippen LogP contribution in [-0.4, -0.2) is 75.7 Å². The van der Waals surface area contributed by atoms with Gasteiger partial charge in [-0.1, -0.05) is 0 Å². The van der Waals surface area contributed by atoms with Crippen LogP contribution in [0.5, 0.6) is 0 Å². The third kappa shape index (κ3) is 6.36. The fourth-order valence-corrected chi connectivity index (χ4v) is 2.32. The number of nitrogens with zero attached hydrogens (tertiary/aromatic N) is 2. The van der Waals surface area contributed by atoms with Crippen molar-refractivity contribution in [1.82, 2.24) is 15.1 Å². The Bertz CT molecular complexity index is 253. The van der Waals surface area contributed by atoms with E-state index in [4.69, 9.17) is 4.74 Å². The molecule has 5 heteroatoms. The van der Waals surface area contributed by atoms with Crippen LogP contribution in [0.3, 0.4) is 0 Å². The summed E-state index contributed by atoms with van der Waals surface area (Å²) >= 11 is 0. The molecule has 0 atom stereocenters. The fourth-order valence-electron chi connectivity index (χ4n) is 2.32. The Morgan fingerprint density at radius 1 is 1.42 bits per heavy atom. The average Bonchev–Trinajstić information content (AvgIpc) is 2.44. The maximum atomic E-state index is 11.8. The highest BCUT2D eigenvalue weighted by Gasteiger charge is 2.21. The van der Waals surface area contributed by atoms with Crippen LogP contribution in [0.4, 0.5) is 0 Å². The molecular formula is C14H29N3O2. The Kier molecular flexibility index (Phi) is 8.02. The second-order valence-corrected chi connectivity index (χ2v) is 5.32. The first-order valence-corrected chi connectivity index (χ1v) is 7.33. The minimum atomic E-state index is 0.235. The molecule has 1 rings (SSSR count). The predicted octanol–water partition coefficient (Wildman–Crippen LogP) is 0.413. The van der Waals surface area contributed by atoms with Gasteiger partial charge < -0.3 is 15.0 Å². The highest BCUT2D eigenvalue weighted by molar-refractivity contribution is 5.77. The summed E-state index contributed by atoms with van der Waals surface area (Å²) in [5.41, 5.74) is 0. The molecule has 0 radical (unpaired) electrons. The van der Waals surface area contributed by atoms with E-state index in [1.807, 2.05) is 14.0 Å². The third-order valence-corrected chi connectivity index (χ3v) is 3.88. The maximum Gasteiger partial charge on any atom is 0.236 e. The van der Waals surface area contributed by atoms with E-state index in [0.29, 0.717) is 6.54 Å². The zero-order valence-corrected chi connectivity index (χ0v) is 12.7. The molecule has 0 bridgehead atoms. The second kappa shape index (κ2) is 9.28. The molecule has 112 valence electrons. The lowest BCUT2D eigenvalue weighted by atomic mass is 9.97. The quantitative estimate of drug-likeness (QED) is 0.650. The van der Waals surface area contributed by atoms with Gasteiger partial charge >= 0.3 is 0 Å². The number of carbonyl (C=O) groups excluding carboxylic acids is 1. The smallest absolute Gasteiger partial charge is 0.236 e. The van der Waals surface area contributed by atoms with Gasteiger partial charge in [-0.3, -0.25) is 9.69 Å². The number of ether oxygens (including phenoxy) is 1. The number of amides is 1. The number of likely N-dealkylation sites (tertiary alicyclic amines) is 1. The van der Waals surface area contributed by atoms with Crippen LogP contribution in [-0.2, 0) is 9.53 Å². The summed E-state index contributed by atoms with van der Waals surface area (Å²) in [5.74, 6) is 0.978. The number of piperidine rings is 1. The SMILES string of the molecule is CCN(C)C(=O)CN1CCC(CNCCOC)CC1. The number of methoxy groups -OCH3 is 1. The zero-order valence-electron chi connectivity index (χ0n) is 12.7. The summed E-state index contributed by atoms with van der Waals surface area (Å²) in [6.45, 7) is 8.23. The molecule has 5 nitrogen and oxygen atoms in total. The van der Waals surface area contributed by atoms with Crippen molar-refractivity contribution in [2.75, 3.05) is 60.0 Å². The van der Waals surface area contributed by atoms with Crippen LogP contribution in [0.25, 0.3) is 0 Å². The summed E-state index contributed by atoms with van der Waals surface area (Å²) in [6.07, 6.45) is 2.37. The normalized spacial score (nSPS) is 17.6. The monoisotopic (exact) mass is 271 g/mol. The highest BCUT2D eigenvalue weighted by atomic mass is 16.5. The Morgan fingerprint density at radius 3 is 2.68 bits per heavy atom. The van der Waals surface area contributed by atoms with Crippen LogP contribution in [0.1, 0.15) is 19.8 Å². The van der Waals surface area contributed by atoms with E-state index in [-0.39, 0.29) is 5.91 Å². The molecule has 1 N–H and O–H groups in total. The zero-order chi connectivity index (χ0) is 14.1. The Morgan fingerprint density at radius 2 is 2.11 bits per heavy atom. The van der Waals surface area contributed by atoms with E-state index in [2.05, 4.69) is 10.2 Å². The molecule has 0 aromatic carbocycles. The first-order valence-electron chi connectivity index (χ1n) is 7.33. The Hall–Kier alpha value is -0.650. The molecule has 0 unspecified atom stereocenters. The maximum absolute atomic E-state index is 11.8. The topological polar surface area (TPSA) is 44.8 Å². The fraction of sp³-hybridized carbons (Fsp3) is 0.929. The van der Waals surface area contributed by atoms with E-state index in [1.165, 1.54) is 12.8 Å². The molecule has 0 aromatic rings. The summed E-state index contributed by atoms with van der Waals surface area (Å²) in [6, 6.07) is 0. The first-order chi connectivity index (χ1) is 9.17.